The van der Waals surface area contributed by atoms with Gasteiger partial charge in [0.2, 0.25) is 0 Å². The fourth-order valence-corrected chi connectivity index (χ4v) is 1.95. The molecule has 0 atom stereocenters. The minimum absolute atomic E-state index is 0.993. The lowest BCUT2D eigenvalue weighted by molar-refractivity contribution is 0.795. The predicted molar refractivity (Wildman–Crippen MR) is 159 cm³/mol. The van der Waals surface area contributed by atoms with Crippen LogP contribution in [-0.4, -0.2) is 0 Å². The average Bonchev–Trinajstić information content (AvgIpc) is 2.80. The Labute approximate surface area is 209 Å². The molecule has 0 aliphatic carbocycles. The lowest BCUT2D eigenvalue weighted by atomic mass is 10.0. The molecule has 0 amide bonds. The van der Waals surface area contributed by atoms with Crippen LogP contribution in [0, 0.1) is 0 Å². The van der Waals surface area contributed by atoms with Crippen LogP contribution in [0.1, 0.15) is 100 Å². The number of aryl methyl sites for hydroxylation is 1. The largest absolute Gasteiger partial charge is 0.103 e. The number of benzene rings is 1. The maximum Gasteiger partial charge on any atom is -0.0231 e. The highest BCUT2D eigenvalue weighted by Gasteiger charge is 1.94. The summed E-state index contributed by atoms with van der Waals surface area (Å²) in [6, 6.07) is 10.6. The molecule has 0 aromatic heterocycles. The molecule has 0 saturated carbocycles. The Balaban J connectivity index is -0.000000185. The van der Waals surface area contributed by atoms with Crippen molar-refractivity contribution in [2.45, 2.75) is 101 Å². The van der Waals surface area contributed by atoms with Crippen molar-refractivity contribution in [2.75, 3.05) is 0 Å². The van der Waals surface area contributed by atoms with Crippen molar-refractivity contribution in [2.24, 2.45) is 0 Å². The molecular weight excluding hydrogens is 396 g/mol. The molecule has 0 saturated heterocycles. The molecule has 0 aliphatic rings. The predicted octanol–water partition coefficient (Wildman–Crippen LogP) is 11.6. The van der Waals surface area contributed by atoms with Crippen LogP contribution in [-0.2, 0) is 6.42 Å². The zero-order chi connectivity index (χ0) is 26.7. The number of hydrogen-bond acceptors (Lipinski definition) is 0. The topological polar surface area (TPSA) is 0 Å². The number of hydrogen-bond donors (Lipinski definition) is 0. The third-order valence-corrected chi connectivity index (χ3v) is 4.02. The molecule has 0 bridgehead atoms. The summed E-state index contributed by atoms with van der Waals surface area (Å²) in [6.07, 6.45) is 11.9. The summed E-state index contributed by atoms with van der Waals surface area (Å²) in [6.45, 7) is 35.5. The maximum atomic E-state index is 3.96. The van der Waals surface area contributed by atoms with E-state index in [1.165, 1.54) is 41.5 Å². The molecule has 188 valence electrons. The van der Waals surface area contributed by atoms with E-state index in [4.69, 9.17) is 0 Å². The molecule has 1 aromatic carbocycles. The Morgan fingerprint density at radius 1 is 0.818 bits per heavy atom. The van der Waals surface area contributed by atoms with Gasteiger partial charge in [-0.3, -0.25) is 0 Å². The van der Waals surface area contributed by atoms with Crippen molar-refractivity contribution in [3.63, 3.8) is 0 Å². The van der Waals surface area contributed by atoms with Gasteiger partial charge in [-0.2, -0.15) is 0 Å². The minimum atomic E-state index is 0.993. The van der Waals surface area contributed by atoms with Gasteiger partial charge in [-0.15, -0.1) is 13.2 Å². The molecule has 1 rings (SSSR count). The van der Waals surface area contributed by atoms with Crippen molar-refractivity contribution >= 4 is 0 Å². The molecule has 0 unspecified atom stereocenters. The number of unbranched alkanes of at least 4 members (excludes halogenated alkanes) is 1. The van der Waals surface area contributed by atoms with Crippen LogP contribution < -0.4 is 0 Å². The standard InChI is InChI=1S/C13H20.C10H14.C5H10.C3H6.C2H6/c1-7-12(6)9-13(11(4)5)8-10(2)3;1-2-3-7-10-8-5-4-6-9-10;1-4-5(2)3;1-3-2;1-2/h8-9H,4,6-7H2,1-3,5H3;4-6,8-9H,2-3,7H2,1H3;2,4H2,1,3H3;3H,1H2,2H3;1-2H3/b13-9+;;;;. The Bertz CT molecular complexity index is 661. The molecule has 0 heteroatoms. The summed E-state index contributed by atoms with van der Waals surface area (Å²) in [5, 5.41) is 0. The van der Waals surface area contributed by atoms with Crippen LogP contribution >= 0.6 is 0 Å². The van der Waals surface area contributed by atoms with Gasteiger partial charge in [-0.1, -0.05) is 125 Å². The van der Waals surface area contributed by atoms with E-state index < -0.39 is 0 Å². The molecular formula is C33H56. The first-order valence-electron chi connectivity index (χ1n) is 12.5. The highest BCUT2D eigenvalue weighted by molar-refractivity contribution is 5.42. The van der Waals surface area contributed by atoms with Gasteiger partial charge in [0.15, 0.2) is 0 Å². The second-order valence-electron chi connectivity index (χ2n) is 7.92. The Morgan fingerprint density at radius 2 is 1.27 bits per heavy atom. The van der Waals surface area contributed by atoms with Gasteiger partial charge < -0.3 is 0 Å². The zero-order valence-corrected chi connectivity index (χ0v) is 24.0. The smallest absolute Gasteiger partial charge is 0.0231 e. The van der Waals surface area contributed by atoms with E-state index in [0.717, 1.165) is 24.0 Å². The van der Waals surface area contributed by atoms with E-state index in [1.807, 2.05) is 34.6 Å². The van der Waals surface area contributed by atoms with E-state index in [2.05, 4.69) is 103 Å². The molecule has 0 N–H and O–H groups in total. The Kier molecular flexibility index (Phi) is 34.1. The summed E-state index contributed by atoms with van der Waals surface area (Å²) in [4.78, 5) is 0. The Morgan fingerprint density at radius 3 is 1.58 bits per heavy atom. The van der Waals surface area contributed by atoms with E-state index in [9.17, 15) is 0 Å². The minimum Gasteiger partial charge on any atom is -0.103 e. The maximum absolute atomic E-state index is 3.96. The van der Waals surface area contributed by atoms with E-state index in [0.29, 0.717) is 0 Å². The van der Waals surface area contributed by atoms with Gasteiger partial charge in [0.05, 0.1) is 0 Å². The molecule has 0 spiro atoms. The third-order valence-electron chi connectivity index (χ3n) is 4.02. The second kappa shape index (κ2) is 29.7. The highest BCUT2D eigenvalue weighted by Crippen LogP contribution is 2.14. The van der Waals surface area contributed by atoms with Gasteiger partial charge in [0.25, 0.3) is 0 Å². The normalized spacial score (nSPS) is 8.97. The summed E-state index contributed by atoms with van der Waals surface area (Å²) in [7, 11) is 0. The molecule has 0 radical (unpaired) electrons. The van der Waals surface area contributed by atoms with Gasteiger partial charge in [0, 0.05) is 0 Å². The van der Waals surface area contributed by atoms with E-state index >= 15 is 0 Å². The summed E-state index contributed by atoms with van der Waals surface area (Å²) in [5.74, 6) is 0. The van der Waals surface area contributed by atoms with Gasteiger partial charge in [0.1, 0.15) is 0 Å². The number of allylic oxidation sites excluding steroid dienone is 8. The molecule has 0 fully saturated rings. The lowest BCUT2D eigenvalue weighted by Gasteiger charge is -2.03. The van der Waals surface area contributed by atoms with Crippen LogP contribution in [0.25, 0.3) is 0 Å². The van der Waals surface area contributed by atoms with Gasteiger partial charge in [-0.25, -0.2) is 0 Å². The summed E-state index contributed by atoms with van der Waals surface area (Å²) < 4.78 is 0. The molecule has 0 aliphatic heterocycles. The first-order chi connectivity index (χ1) is 15.6. The molecule has 0 heterocycles. The SMILES string of the molecule is C=C(/C=C(\C=C(C)C)C(=C)C)CC.C=C(C)CC.C=CC.CC.CCCCc1ccccc1. The van der Waals surface area contributed by atoms with Crippen molar-refractivity contribution in [3.05, 3.63) is 108 Å². The van der Waals surface area contributed by atoms with Crippen LogP contribution in [0.5, 0.6) is 0 Å². The van der Waals surface area contributed by atoms with Gasteiger partial charge in [-0.05, 0) is 71.4 Å². The average molecular weight is 453 g/mol. The van der Waals surface area contributed by atoms with Crippen LogP contribution in [0.4, 0.5) is 0 Å². The summed E-state index contributed by atoms with van der Waals surface area (Å²) in [5.41, 5.74) is 7.44. The molecule has 0 nitrogen and oxygen atoms in total. The third kappa shape index (κ3) is 34.5. The van der Waals surface area contributed by atoms with Gasteiger partial charge >= 0.3 is 0 Å². The van der Waals surface area contributed by atoms with E-state index in [-0.39, 0.29) is 0 Å². The lowest BCUT2D eigenvalue weighted by Crippen LogP contribution is -1.83. The van der Waals surface area contributed by atoms with E-state index in [1.54, 1.807) is 6.08 Å². The fraction of sp³-hybridized carbons (Fsp3) is 0.455. The summed E-state index contributed by atoms with van der Waals surface area (Å²) >= 11 is 0. The highest BCUT2D eigenvalue weighted by atomic mass is 14.0. The fourth-order valence-electron chi connectivity index (χ4n) is 1.95. The van der Waals surface area contributed by atoms with Crippen LogP contribution in [0.3, 0.4) is 0 Å². The van der Waals surface area contributed by atoms with Crippen LogP contribution in [0.2, 0.25) is 0 Å². The first kappa shape index (κ1) is 37.9. The number of rotatable bonds is 8. The first-order valence-corrected chi connectivity index (χ1v) is 12.5. The van der Waals surface area contributed by atoms with Crippen molar-refractivity contribution < 1.29 is 0 Å². The monoisotopic (exact) mass is 452 g/mol. The second-order valence-corrected chi connectivity index (χ2v) is 7.92. The Hall–Kier alpha value is -2.34. The zero-order valence-electron chi connectivity index (χ0n) is 24.0. The molecule has 1 aromatic rings. The molecule has 33 heavy (non-hydrogen) atoms. The quantitative estimate of drug-likeness (QED) is 0.272. The van der Waals surface area contributed by atoms with Crippen molar-refractivity contribution in [1.29, 1.82) is 0 Å². The van der Waals surface area contributed by atoms with Crippen LogP contribution in [0.15, 0.2) is 103 Å². The van der Waals surface area contributed by atoms with Crippen molar-refractivity contribution in [1.82, 2.24) is 0 Å². The van der Waals surface area contributed by atoms with Crippen molar-refractivity contribution in [3.8, 4) is 0 Å².